The molecule has 1 aliphatic rings. The number of hydrogen-bond acceptors (Lipinski definition) is 2. The molecule has 0 aromatic heterocycles. The molecule has 4 nitrogen and oxygen atoms in total. The van der Waals surface area contributed by atoms with Crippen LogP contribution in [0.15, 0.2) is 12.7 Å². The maximum absolute atomic E-state index is 10.9. The highest BCUT2D eigenvalue weighted by Crippen LogP contribution is 2.21. The average Bonchev–Trinajstić information content (AvgIpc) is 2.04. The highest BCUT2D eigenvalue weighted by atomic mass is 32.2. The molecular formula is C8H15NO3S. The average molecular weight is 205 g/mol. The molecule has 1 N–H and O–H groups in total. The molecule has 0 spiro atoms. The molecule has 0 radical (unpaired) electrons. The standard InChI is InChI=1S/C8H15NO3S/c1-2-5-8-6-3-4-7-9(8)13(10,11)12/h2,8H,1,3-7H2,(H,10,11,12). The summed E-state index contributed by atoms with van der Waals surface area (Å²) in [5, 5.41) is 0. The van der Waals surface area contributed by atoms with E-state index in [0.29, 0.717) is 13.0 Å². The zero-order valence-electron chi connectivity index (χ0n) is 7.52. The van der Waals surface area contributed by atoms with Gasteiger partial charge >= 0.3 is 10.3 Å². The van der Waals surface area contributed by atoms with Gasteiger partial charge in [0.25, 0.3) is 0 Å². The fraction of sp³-hybridized carbons (Fsp3) is 0.750. The summed E-state index contributed by atoms with van der Waals surface area (Å²) in [5.74, 6) is 0. The van der Waals surface area contributed by atoms with Crippen molar-refractivity contribution in [2.45, 2.75) is 31.7 Å². The van der Waals surface area contributed by atoms with Crippen LogP contribution in [-0.2, 0) is 10.3 Å². The number of piperidine rings is 1. The molecule has 1 saturated heterocycles. The topological polar surface area (TPSA) is 57.6 Å². The van der Waals surface area contributed by atoms with Crippen molar-refractivity contribution in [3.63, 3.8) is 0 Å². The lowest BCUT2D eigenvalue weighted by Gasteiger charge is -2.31. The first-order chi connectivity index (χ1) is 6.05. The van der Waals surface area contributed by atoms with Gasteiger partial charge in [-0.3, -0.25) is 4.55 Å². The highest BCUT2D eigenvalue weighted by Gasteiger charge is 2.29. The molecule has 1 heterocycles. The van der Waals surface area contributed by atoms with Crippen LogP contribution in [-0.4, -0.2) is 29.9 Å². The van der Waals surface area contributed by atoms with Crippen LogP contribution in [0, 0.1) is 0 Å². The van der Waals surface area contributed by atoms with Crippen LogP contribution in [0.3, 0.4) is 0 Å². The van der Waals surface area contributed by atoms with E-state index < -0.39 is 10.3 Å². The largest absolute Gasteiger partial charge is 0.336 e. The lowest BCUT2D eigenvalue weighted by Crippen LogP contribution is -2.42. The lowest BCUT2D eigenvalue weighted by atomic mass is 10.0. The number of nitrogens with zero attached hydrogens (tertiary/aromatic N) is 1. The summed E-state index contributed by atoms with van der Waals surface area (Å²) in [6.07, 6.45) is 4.96. The van der Waals surface area contributed by atoms with Crippen LogP contribution in [0.1, 0.15) is 25.7 Å². The van der Waals surface area contributed by atoms with E-state index in [-0.39, 0.29) is 6.04 Å². The second-order valence-corrected chi connectivity index (χ2v) is 4.63. The third-order valence-electron chi connectivity index (χ3n) is 2.31. The summed E-state index contributed by atoms with van der Waals surface area (Å²) in [6, 6.07) is -0.0961. The molecule has 0 aromatic carbocycles. The predicted octanol–water partition coefficient (Wildman–Crippen LogP) is 1.22. The Labute approximate surface area is 79.1 Å². The molecule has 1 atom stereocenters. The van der Waals surface area contributed by atoms with Gasteiger partial charge in [0.2, 0.25) is 0 Å². The number of hydrogen-bond donors (Lipinski definition) is 1. The van der Waals surface area contributed by atoms with Crippen molar-refractivity contribution >= 4 is 10.3 Å². The Balaban J connectivity index is 2.73. The van der Waals surface area contributed by atoms with E-state index in [4.69, 9.17) is 4.55 Å². The van der Waals surface area contributed by atoms with Gasteiger partial charge in [-0.25, -0.2) is 0 Å². The number of rotatable bonds is 3. The maximum atomic E-state index is 10.9. The van der Waals surface area contributed by atoms with Crippen LogP contribution in [0.25, 0.3) is 0 Å². The molecule has 0 saturated carbocycles. The molecule has 0 aromatic rings. The van der Waals surface area contributed by atoms with Crippen molar-refractivity contribution in [1.82, 2.24) is 4.31 Å². The summed E-state index contributed by atoms with van der Waals surface area (Å²) in [4.78, 5) is 0. The Hall–Kier alpha value is -0.390. The van der Waals surface area contributed by atoms with E-state index in [1.807, 2.05) is 0 Å². The zero-order valence-corrected chi connectivity index (χ0v) is 8.33. The summed E-state index contributed by atoms with van der Waals surface area (Å²) in [5.41, 5.74) is 0. The van der Waals surface area contributed by atoms with Gasteiger partial charge in [0.1, 0.15) is 0 Å². The quantitative estimate of drug-likeness (QED) is 0.556. The smallest absolute Gasteiger partial charge is 0.273 e. The van der Waals surface area contributed by atoms with E-state index in [9.17, 15) is 8.42 Å². The Morgan fingerprint density at radius 2 is 2.23 bits per heavy atom. The van der Waals surface area contributed by atoms with Crippen molar-refractivity contribution in [3.05, 3.63) is 12.7 Å². The Kier molecular flexibility index (Phi) is 3.47. The lowest BCUT2D eigenvalue weighted by molar-refractivity contribution is 0.231. The van der Waals surface area contributed by atoms with E-state index in [1.165, 1.54) is 0 Å². The summed E-state index contributed by atoms with van der Waals surface area (Å²) in [7, 11) is -4.01. The Morgan fingerprint density at radius 3 is 2.77 bits per heavy atom. The van der Waals surface area contributed by atoms with Crippen molar-refractivity contribution in [3.8, 4) is 0 Å². The van der Waals surface area contributed by atoms with E-state index >= 15 is 0 Å². The molecule has 76 valence electrons. The first-order valence-corrected chi connectivity index (χ1v) is 5.80. The van der Waals surface area contributed by atoms with Gasteiger partial charge in [0.05, 0.1) is 0 Å². The second-order valence-electron chi connectivity index (χ2n) is 3.26. The molecule has 1 rings (SSSR count). The highest BCUT2D eigenvalue weighted by molar-refractivity contribution is 7.83. The maximum Gasteiger partial charge on any atom is 0.336 e. The van der Waals surface area contributed by atoms with E-state index in [0.717, 1.165) is 23.6 Å². The van der Waals surface area contributed by atoms with Crippen molar-refractivity contribution in [2.24, 2.45) is 0 Å². The minimum atomic E-state index is -4.01. The fourth-order valence-corrected chi connectivity index (χ4v) is 2.63. The van der Waals surface area contributed by atoms with Crippen LogP contribution in [0.4, 0.5) is 0 Å². The van der Waals surface area contributed by atoms with E-state index in [2.05, 4.69) is 6.58 Å². The summed E-state index contributed by atoms with van der Waals surface area (Å²) in [6.45, 7) is 4.00. The molecule has 1 fully saturated rings. The fourth-order valence-electron chi connectivity index (χ4n) is 1.71. The molecule has 0 aliphatic carbocycles. The van der Waals surface area contributed by atoms with Crippen molar-refractivity contribution < 1.29 is 13.0 Å². The first-order valence-electron chi connectivity index (χ1n) is 4.41. The SMILES string of the molecule is C=CCC1CCCCN1S(=O)(=O)O. The normalized spacial score (nSPS) is 25.8. The van der Waals surface area contributed by atoms with E-state index in [1.54, 1.807) is 6.08 Å². The third kappa shape index (κ3) is 2.79. The molecule has 1 aliphatic heterocycles. The van der Waals surface area contributed by atoms with Crippen LogP contribution < -0.4 is 0 Å². The molecule has 13 heavy (non-hydrogen) atoms. The molecule has 1 unspecified atom stereocenters. The van der Waals surface area contributed by atoms with Gasteiger partial charge in [-0.15, -0.1) is 6.58 Å². The minimum Gasteiger partial charge on any atom is -0.273 e. The molecular weight excluding hydrogens is 190 g/mol. The molecule has 0 amide bonds. The first kappa shape index (κ1) is 10.7. The van der Waals surface area contributed by atoms with Gasteiger partial charge in [-0.2, -0.15) is 12.7 Å². The monoisotopic (exact) mass is 205 g/mol. The van der Waals surface area contributed by atoms with Gasteiger partial charge in [0.15, 0.2) is 0 Å². The zero-order chi connectivity index (χ0) is 9.90. The van der Waals surface area contributed by atoms with Gasteiger partial charge in [0, 0.05) is 12.6 Å². The second kappa shape index (κ2) is 4.21. The molecule has 0 bridgehead atoms. The van der Waals surface area contributed by atoms with Gasteiger partial charge < -0.3 is 0 Å². The molecule has 5 heteroatoms. The van der Waals surface area contributed by atoms with Crippen LogP contribution in [0.5, 0.6) is 0 Å². The third-order valence-corrected chi connectivity index (χ3v) is 3.38. The minimum absolute atomic E-state index is 0.0961. The van der Waals surface area contributed by atoms with Crippen molar-refractivity contribution in [1.29, 1.82) is 0 Å². The summed E-state index contributed by atoms with van der Waals surface area (Å²) < 4.78 is 31.9. The van der Waals surface area contributed by atoms with Gasteiger partial charge in [-0.05, 0) is 19.3 Å². The van der Waals surface area contributed by atoms with Crippen LogP contribution >= 0.6 is 0 Å². The predicted molar refractivity (Wildman–Crippen MR) is 50.7 cm³/mol. The Bertz CT molecular complexity index is 273. The van der Waals surface area contributed by atoms with Gasteiger partial charge in [-0.1, -0.05) is 12.5 Å². The summed E-state index contributed by atoms with van der Waals surface area (Å²) >= 11 is 0. The van der Waals surface area contributed by atoms with Crippen molar-refractivity contribution in [2.75, 3.05) is 6.54 Å². The Morgan fingerprint density at radius 1 is 1.54 bits per heavy atom. The van der Waals surface area contributed by atoms with Crippen LogP contribution in [0.2, 0.25) is 0 Å².